The van der Waals surface area contributed by atoms with E-state index in [0.29, 0.717) is 13.2 Å². The molecule has 2 unspecified atom stereocenters. The lowest BCUT2D eigenvalue weighted by Gasteiger charge is -2.26. The van der Waals surface area contributed by atoms with Crippen LogP contribution in [0.4, 0.5) is 4.39 Å². The Morgan fingerprint density at radius 2 is 2.44 bits per heavy atom. The van der Waals surface area contributed by atoms with Crippen LogP contribution in [-0.2, 0) is 11.3 Å². The summed E-state index contributed by atoms with van der Waals surface area (Å²) in [6.07, 6.45) is 0.560. The quantitative estimate of drug-likeness (QED) is 0.852. The molecule has 0 bridgehead atoms. The van der Waals surface area contributed by atoms with Gasteiger partial charge in [0.05, 0.1) is 18.3 Å². The molecule has 88 valence electrons. The summed E-state index contributed by atoms with van der Waals surface area (Å²) >= 11 is 0. The summed E-state index contributed by atoms with van der Waals surface area (Å²) in [5, 5.41) is 3.15. The highest BCUT2D eigenvalue weighted by atomic mass is 19.1. The van der Waals surface area contributed by atoms with Crippen molar-refractivity contribution in [1.29, 1.82) is 0 Å². The molecule has 1 aromatic rings. The van der Waals surface area contributed by atoms with Crippen molar-refractivity contribution in [3.8, 4) is 0 Å². The third kappa shape index (κ3) is 3.00. The van der Waals surface area contributed by atoms with Gasteiger partial charge in [0.1, 0.15) is 0 Å². The second kappa shape index (κ2) is 5.37. The van der Waals surface area contributed by atoms with Crippen molar-refractivity contribution in [3.63, 3.8) is 0 Å². The predicted octanol–water partition coefficient (Wildman–Crippen LogP) is 1.95. The van der Waals surface area contributed by atoms with Crippen molar-refractivity contribution in [3.05, 3.63) is 29.6 Å². The number of halogens is 1. The lowest BCUT2D eigenvalue weighted by molar-refractivity contribution is -0.0898. The molecule has 3 nitrogen and oxygen atoms in total. The van der Waals surface area contributed by atoms with Gasteiger partial charge in [-0.05, 0) is 31.9 Å². The van der Waals surface area contributed by atoms with E-state index in [0.717, 1.165) is 24.2 Å². The van der Waals surface area contributed by atoms with Gasteiger partial charge in [-0.15, -0.1) is 0 Å². The van der Waals surface area contributed by atoms with Gasteiger partial charge in [0.2, 0.25) is 6.36 Å². The van der Waals surface area contributed by atoms with Gasteiger partial charge in [-0.3, -0.25) is 4.98 Å². The number of hydrogen-bond donors (Lipinski definition) is 1. The largest absolute Gasteiger partial charge is 0.347 e. The molecule has 2 rings (SSSR count). The van der Waals surface area contributed by atoms with E-state index in [1.807, 2.05) is 25.1 Å². The Morgan fingerprint density at radius 3 is 3.19 bits per heavy atom. The van der Waals surface area contributed by atoms with E-state index in [4.69, 9.17) is 4.74 Å². The van der Waals surface area contributed by atoms with Gasteiger partial charge in [0.25, 0.3) is 0 Å². The molecule has 1 aliphatic heterocycles. The fourth-order valence-electron chi connectivity index (χ4n) is 1.87. The predicted molar refractivity (Wildman–Crippen MR) is 59.7 cm³/mol. The van der Waals surface area contributed by atoms with E-state index >= 15 is 0 Å². The van der Waals surface area contributed by atoms with Crippen molar-refractivity contribution in [1.82, 2.24) is 10.3 Å². The fraction of sp³-hybridized carbons (Fsp3) is 0.583. The van der Waals surface area contributed by atoms with Crippen molar-refractivity contribution >= 4 is 0 Å². The average Bonchev–Trinajstić information content (AvgIpc) is 2.28. The third-order valence-corrected chi connectivity index (χ3v) is 2.74. The molecule has 0 aromatic carbocycles. The summed E-state index contributed by atoms with van der Waals surface area (Å²) in [5.74, 6) is 0. The Kier molecular flexibility index (Phi) is 3.85. The lowest BCUT2D eigenvalue weighted by atomic mass is 10.1. The highest BCUT2D eigenvalue weighted by Gasteiger charge is 2.24. The van der Waals surface area contributed by atoms with Crippen molar-refractivity contribution in [2.45, 2.75) is 38.7 Å². The van der Waals surface area contributed by atoms with Crippen molar-refractivity contribution < 1.29 is 9.13 Å². The number of nitrogens with one attached hydrogen (secondary N) is 1. The summed E-state index contributed by atoms with van der Waals surface area (Å²) in [4.78, 5) is 4.36. The number of aromatic nitrogens is 1. The highest BCUT2D eigenvalue weighted by Crippen LogP contribution is 2.15. The summed E-state index contributed by atoms with van der Waals surface area (Å²) in [6.45, 7) is 3.07. The summed E-state index contributed by atoms with van der Waals surface area (Å²) in [6, 6.07) is 5.65. The number of rotatable bonds is 3. The second-order valence-corrected chi connectivity index (χ2v) is 4.12. The Balaban J connectivity index is 1.86. The van der Waals surface area contributed by atoms with Gasteiger partial charge in [-0.25, -0.2) is 4.39 Å². The molecule has 1 saturated heterocycles. The van der Waals surface area contributed by atoms with Gasteiger partial charge in [-0.2, -0.15) is 0 Å². The normalized spacial score (nSPS) is 25.6. The average molecular weight is 224 g/mol. The Bertz CT molecular complexity index is 346. The maximum Gasteiger partial charge on any atom is 0.214 e. The summed E-state index contributed by atoms with van der Waals surface area (Å²) < 4.78 is 18.3. The Labute approximate surface area is 95.0 Å². The molecule has 16 heavy (non-hydrogen) atoms. The molecule has 1 N–H and O–H groups in total. The number of hydrogen-bond acceptors (Lipinski definition) is 3. The molecule has 0 amide bonds. The van der Waals surface area contributed by atoms with E-state index in [9.17, 15) is 4.39 Å². The molecule has 0 spiro atoms. The van der Waals surface area contributed by atoms with E-state index < -0.39 is 6.36 Å². The first-order valence-corrected chi connectivity index (χ1v) is 5.67. The van der Waals surface area contributed by atoms with E-state index in [-0.39, 0.29) is 6.04 Å². The number of pyridine rings is 1. The zero-order chi connectivity index (χ0) is 11.4. The second-order valence-electron chi connectivity index (χ2n) is 4.12. The minimum Gasteiger partial charge on any atom is -0.347 e. The van der Waals surface area contributed by atoms with Crippen molar-refractivity contribution in [2.75, 3.05) is 6.61 Å². The summed E-state index contributed by atoms with van der Waals surface area (Å²) in [7, 11) is 0. The van der Waals surface area contributed by atoms with Gasteiger partial charge in [-0.1, -0.05) is 6.07 Å². The van der Waals surface area contributed by atoms with Gasteiger partial charge in [0.15, 0.2) is 0 Å². The molecular weight excluding hydrogens is 207 g/mol. The first-order valence-electron chi connectivity index (χ1n) is 5.67. The van der Waals surface area contributed by atoms with Crippen LogP contribution >= 0.6 is 0 Å². The van der Waals surface area contributed by atoms with Crippen molar-refractivity contribution in [2.24, 2.45) is 0 Å². The number of ether oxygens (including phenoxy) is 1. The third-order valence-electron chi connectivity index (χ3n) is 2.74. The van der Waals surface area contributed by atoms with E-state index in [2.05, 4.69) is 10.3 Å². The molecule has 1 aromatic heterocycles. The number of nitrogens with zero attached hydrogens (tertiary/aromatic N) is 1. The molecule has 1 aliphatic rings. The van der Waals surface area contributed by atoms with Crippen LogP contribution in [0.15, 0.2) is 18.2 Å². The van der Waals surface area contributed by atoms with Gasteiger partial charge in [0, 0.05) is 12.2 Å². The Morgan fingerprint density at radius 1 is 1.56 bits per heavy atom. The molecule has 0 saturated carbocycles. The smallest absolute Gasteiger partial charge is 0.214 e. The van der Waals surface area contributed by atoms with Crippen LogP contribution in [0.3, 0.4) is 0 Å². The van der Waals surface area contributed by atoms with Crippen LogP contribution in [0, 0.1) is 6.92 Å². The highest BCUT2D eigenvalue weighted by molar-refractivity contribution is 5.09. The van der Waals surface area contributed by atoms with Crippen LogP contribution < -0.4 is 5.32 Å². The SMILES string of the molecule is Cc1cccc(CNC2CCCOC2F)n1. The number of aryl methyl sites for hydroxylation is 1. The minimum atomic E-state index is -1.18. The molecule has 4 heteroatoms. The monoisotopic (exact) mass is 224 g/mol. The zero-order valence-corrected chi connectivity index (χ0v) is 9.45. The fourth-order valence-corrected chi connectivity index (χ4v) is 1.87. The zero-order valence-electron chi connectivity index (χ0n) is 9.45. The summed E-state index contributed by atoms with van der Waals surface area (Å²) in [5.41, 5.74) is 1.92. The molecule has 0 radical (unpaired) electrons. The van der Waals surface area contributed by atoms with Crippen LogP contribution in [-0.4, -0.2) is 24.0 Å². The topological polar surface area (TPSA) is 34.1 Å². The van der Waals surface area contributed by atoms with Crippen LogP contribution in [0.2, 0.25) is 0 Å². The van der Waals surface area contributed by atoms with E-state index in [1.165, 1.54) is 0 Å². The molecule has 2 atom stereocenters. The standard InChI is InChI=1S/C12H17FN2O/c1-9-4-2-5-10(15-9)8-14-11-6-3-7-16-12(11)13/h2,4-5,11-12,14H,3,6-8H2,1H3. The molecular formula is C12H17FN2O. The molecule has 2 heterocycles. The molecule has 1 fully saturated rings. The maximum absolute atomic E-state index is 13.3. The van der Waals surface area contributed by atoms with E-state index in [1.54, 1.807) is 0 Å². The van der Waals surface area contributed by atoms with Crippen LogP contribution in [0.25, 0.3) is 0 Å². The van der Waals surface area contributed by atoms with Crippen LogP contribution in [0.1, 0.15) is 24.2 Å². The van der Waals surface area contributed by atoms with Crippen LogP contribution in [0.5, 0.6) is 0 Å². The first kappa shape index (κ1) is 11.5. The Hall–Kier alpha value is -1.00. The molecule has 0 aliphatic carbocycles. The minimum absolute atomic E-state index is 0.198. The van der Waals surface area contributed by atoms with Gasteiger partial charge >= 0.3 is 0 Å². The first-order chi connectivity index (χ1) is 7.75. The maximum atomic E-state index is 13.3. The van der Waals surface area contributed by atoms with Gasteiger partial charge < -0.3 is 10.1 Å². The lowest BCUT2D eigenvalue weighted by Crippen LogP contribution is -2.42. The number of alkyl halides is 1.